The van der Waals surface area contributed by atoms with Crippen LogP contribution >= 0.6 is 11.6 Å². The van der Waals surface area contributed by atoms with E-state index in [1.807, 2.05) is 31.2 Å². The molecule has 1 heterocycles. The SMILES string of the molecule is COc1ccc(CNC(=O)c2cc(CN=C(NC(=O)OC(C)(C)C)NC(=O)OC(C)(C)C)cc(-c3ccnc(C)c3)c2)cc1Cl. The first-order chi connectivity index (χ1) is 21.0. The Balaban J connectivity index is 1.93. The van der Waals surface area contributed by atoms with E-state index in [1.54, 1.807) is 72.0 Å². The number of benzene rings is 2. The first kappa shape index (κ1) is 34.8. The van der Waals surface area contributed by atoms with Gasteiger partial charge in [0.25, 0.3) is 5.91 Å². The number of aromatic nitrogens is 1. The number of aliphatic imine (C=N–C) groups is 1. The molecule has 0 radical (unpaired) electrons. The number of nitrogens with zero attached hydrogens (tertiary/aromatic N) is 2. The number of carbonyl (C=O) groups excluding carboxylic acids is 3. The topological polar surface area (TPSA) is 140 Å². The van der Waals surface area contributed by atoms with Gasteiger partial charge in [-0.05, 0) is 113 Å². The van der Waals surface area contributed by atoms with E-state index in [-0.39, 0.29) is 25.0 Å². The summed E-state index contributed by atoms with van der Waals surface area (Å²) in [5.41, 5.74) is 2.67. The molecular weight excluding hydrogens is 598 g/mol. The second-order valence-corrected chi connectivity index (χ2v) is 12.6. The van der Waals surface area contributed by atoms with E-state index in [1.165, 1.54) is 7.11 Å². The highest BCUT2D eigenvalue weighted by Crippen LogP contribution is 2.26. The van der Waals surface area contributed by atoms with Crippen LogP contribution in [0.25, 0.3) is 11.1 Å². The van der Waals surface area contributed by atoms with Crippen molar-refractivity contribution in [1.29, 1.82) is 0 Å². The first-order valence-electron chi connectivity index (χ1n) is 14.2. The number of methoxy groups -OCH3 is 1. The molecule has 3 aromatic rings. The number of alkyl carbamates (subject to hydrolysis) is 2. The van der Waals surface area contributed by atoms with Crippen LogP contribution < -0.4 is 20.7 Å². The predicted molar refractivity (Wildman–Crippen MR) is 173 cm³/mol. The van der Waals surface area contributed by atoms with E-state index >= 15 is 0 Å². The molecule has 0 aliphatic rings. The number of pyridine rings is 1. The van der Waals surface area contributed by atoms with Gasteiger partial charge in [-0.25, -0.2) is 14.6 Å². The maximum Gasteiger partial charge on any atom is 0.414 e. The highest BCUT2D eigenvalue weighted by molar-refractivity contribution is 6.32. The van der Waals surface area contributed by atoms with Crippen molar-refractivity contribution < 1.29 is 28.6 Å². The lowest BCUT2D eigenvalue weighted by Gasteiger charge is -2.22. The van der Waals surface area contributed by atoms with Crippen molar-refractivity contribution in [2.24, 2.45) is 4.99 Å². The fourth-order valence-electron chi connectivity index (χ4n) is 3.99. The Hall–Kier alpha value is -4.64. The van der Waals surface area contributed by atoms with Gasteiger partial charge in [-0.15, -0.1) is 0 Å². The van der Waals surface area contributed by atoms with Crippen molar-refractivity contribution in [2.45, 2.75) is 72.8 Å². The van der Waals surface area contributed by atoms with Gasteiger partial charge in [0.05, 0.1) is 18.7 Å². The molecular formula is C33H40ClN5O6. The molecule has 45 heavy (non-hydrogen) atoms. The lowest BCUT2D eigenvalue weighted by atomic mass is 9.99. The van der Waals surface area contributed by atoms with Gasteiger partial charge in [0.15, 0.2) is 0 Å². The summed E-state index contributed by atoms with van der Waals surface area (Å²) in [4.78, 5) is 47.1. The average molecular weight is 638 g/mol. The molecule has 0 atom stereocenters. The minimum Gasteiger partial charge on any atom is -0.495 e. The normalized spacial score (nSPS) is 11.2. The summed E-state index contributed by atoms with van der Waals surface area (Å²) in [7, 11) is 1.53. The van der Waals surface area contributed by atoms with E-state index in [2.05, 4.69) is 25.9 Å². The Labute approximate surface area is 268 Å². The van der Waals surface area contributed by atoms with Gasteiger partial charge in [0.1, 0.15) is 17.0 Å². The van der Waals surface area contributed by atoms with Crippen molar-refractivity contribution in [2.75, 3.05) is 7.11 Å². The van der Waals surface area contributed by atoms with Gasteiger partial charge in [0.2, 0.25) is 5.96 Å². The van der Waals surface area contributed by atoms with E-state index in [0.717, 1.165) is 22.4 Å². The summed E-state index contributed by atoms with van der Waals surface area (Å²) in [6.45, 7) is 12.4. The number of amides is 3. The Morgan fingerprint density at radius 3 is 2.04 bits per heavy atom. The number of hydrogen-bond donors (Lipinski definition) is 3. The molecule has 0 aliphatic carbocycles. The van der Waals surface area contributed by atoms with Crippen molar-refractivity contribution in [3.8, 4) is 16.9 Å². The van der Waals surface area contributed by atoms with Crippen LogP contribution in [-0.4, -0.2) is 47.3 Å². The predicted octanol–water partition coefficient (Wildman–Crippen LogP) is 6.55. The Morgan fingerprint density at radius 2 is 1.49 bits per heavy atom. The molecule has 240 valence electrons. The van der Waals surface area contributed by atoms with E-state index in [4.69, 9.17) is 25.8 Å². The summed E-state index contributed by atoms with van der Waals surface area (Å²) in [6.07, 6.45) is 0.0741. The van der Waals surface area contributed by atoms with Gasteiger partial charge in [0, 0.05) is 24.0 Å². The summed E-state index contributed by atoms with van der Waals surface area (Å²) in [5, 5.41) is 8.31. The number of guanidine groups is 1. The monoisotopic (exact) mass is 637 g/mol. The molecule has 0 bridgehead atoms. The van der Waals surface area contributed by atoms with Crippen molar-refractivity contribution >= 4 is 35.7 Å². The van der Waals surface area contributed by atoms with Crippen LogP contribution in [0.5, 0.6) is 5.75 Å². The fraction of sp³-hybridized carbons (Fsp3) is 0.364. The molecule has 0 saturated carbocycles. The molecule has 0 saturated heterocycles. The van der Waals surface area contributed by atoms with Crippen LogP contribution in [0.4, 0.5) is 9.59 Å². The maximum absolute atomic E-state index is 13.4. The molecule has 12 heteroatoms. The number of aryl methyl sites for hydroxylation is 1. The molecule has 0 aliphatic heterocycles. The van der Waals surface area contributed by atoms with Crippen LogP contribution in [-0.2, 0) is 22.6 Å². The molecule has 1 aromatic heterocycles. The van der Waals surface area contributed by atoms with Crippen molar-refractivity contribution in [3.63, 3.8) is 0 Å². The highest BCUT2D eigenvalue weighted by atomic mass is 35.5. The third-order valence-electron chi connectivity index (χ3n) is 5.81. The molecule has 11 nitrogen and oxygen atoms in total. The van der Waals surface area contributed by atoms with Gasteiger partial charge in [-0.3, -0.25) is 20.4 Å². The molecule has 2 aromatic carbocycles. The Kier molecular flexibility index (Phi) is 11.5. The standard InChI is InChI=1S/C33H40ClN5O6/c1-20-13-23(11-12-35-20)24-14-22(15-25(17-24)28(40)36-18-21-9-10-27(43-8)26(34)16-21)19-37-29(38-30(41)44-32(2,3)4)39-31(42)45-33(5,6)7/h9-17H,18-19H2,1-8H3,(H,36,40)(H2,37,38,39,41,42). The van der Waals surface area contributed by atoms with Gasteiger partial charge >= 0.3 is 12.2 Å². The molecule has 3 amide bonds. The summed E-state index contributed by atoms with van der Waals surface area (Å²) >= 11 is 6.25. The van der Waals surface area contributed by atoms with Crippen LogP contribution in [0.3, 0.4) is 0 Å². The van der Waals surface area contributed by atoms with Crippen LogP contribution in [0.1, 0.15) is 68.7 Å². The number of hydrogen-bond acceptors (Lipinski definition) is 8. The first-order valence-corrected chi connectivity index (χ1v) is 14.6. The zero-order valence-corrected chi connectivity index (χ0v) is 27.6. The zero-order chi connectivity index (χ0) is 33.4. The lowest BCUT2D eigenvalue weighted by Crippen LogP contribution is -2.47. The second-order valence-electron chi connectivity index (χ2n) is 12.2. The summed E-state index contributed by atoms with van der Waals surface area (Å²) < 4.78 is 15.9. The van der Waals surface area contributed by atoms with Gasteiger partial charge in [-0.1, -0.05) is 17.7 Å². The van der Waals surface area contributed by atoms with Crippen molar-refractivity contribution in [3.05, 3.63) is 82.1 Å². The smallest absolute Gasteiger partial charge is 0.414 e. The van der Waals surface area contributed by atoms with Crippen LogP contribution in [0.2, 0.25) is 5.02 Å². The minimum atomic E-state index is -0.808. The van der Waals surface area contributed by atoms with Gasteiger partial charge in [-0.2, -0.15) is 0 Å². The van der Waals surface area contributed by atoms with E-state index < -0.39 is 23.4 Å². The molecule has 0 unspecified atom stereocenters. The number of halogens is 1. The highest BCUT2D eigenvalue weighted by Gasteiger charge is 2.21. The minimum absolute atomic E-state index is 0.00674. The molecule has 3 rings (SSSR count). The summed E-state index contributed by atoms with van der Waals surface area (Å²) in [5.74, 6) is 0.0452. The van der Waals surface area contributed by atoms with Gasteiger partial charge < -0.3 is 19.5 Å². The van der Waals surface area contributed by atoms with E-state index in [9.17, 15) is 14.4 Å². The van der Waals surface area contributed by atoms with Crippen molar-refractivity contribution in [1.82, 2.24) is 20.9 Å². The molecule has 3 N–H and O–H groups in total. The number of carbonyl (C=O) groups is 3. The zero-order valence-electron chi connectivity index (χ0n) is 26.8. The third-order valence-corrected chi connectivity index (χ3v) is 6.11. The number of rotatable bonds is 7. The van der Waals surface area contributed by atoms with E-state index in [0.29, 0.717) is 21.9 Å². The summed E-state index contributed by atoms with van der Waals surface area (Å²) in [6, 6.07) is 14.4. The Bertz CT molecular complexity index is 1540. The third kappa shape index (κ3) is 11.8. The number of nitrogens with one attached hydrogen (secondary N) is 3. The quantitative estimate of drug-likeness (QED) is 0.197. The van der Waals surface area contributed by atoms with Crippen LogP contribution in [0.15, 0.2) is 59.7 Å². The molecule has 0 spiro atoms. The lowest BCUT2D eigenvalue weighted by molar-refractivity contribution is 0.0544. The fourth-order valence-corrected chi connectivity index (χ4v) is 4.27. The second kappa shape index (κ2) is 14.9. The van der Waals surface area contributed by atoms with Crippen LogP contribution in [0, 0.1) is 6.92 Å². The Morgan fingerprint density at radius 1 is 0.844 bits per heavy atom. The average Bonchev–Trinajstić information content (AvgIpc) is 2.92. The molecule has 0 fully saturated rings. The largest absolute Gasteiger partial charge is 0.495 e. The maximum atomic E-state index is 13.4. The number of ether oxygens (including phenoxy) is 3.